The van der Waals surface area contributed by atoms with Gasteiger partial charge in [0.1, 0.15) is 36.1 Å². The molecule has 304 valence electrons. The molecule has 14 heteroatoms. The van der Waals surface area contributed by atoms with E-state index in [2.05, 4.69) is 13.2 Å². The van der Waals surface area contributed by atoms with E-state index in [-0.39, 0.29) is 56.4 Å². The number of hydrogen-bond acceptors (Lipinski definition) is 14. The van der Waals surface area contributed by atoms with E-state index >= 15 is 0 Å². The molecule has 1 unspecified atom stereocenters. The van der Waals surface area contributed by atoms with Gasteiger partial charge in [-0.3, -0.25) is 4.79 Å². The molecule has 1 N–H and O–H groups in total. The highest BCUT2D eigenvalue weighted by molar-refractivity contribution is 5.93. The molecule has 0 aliphatic heterocycles. The first-order valence-corrected chi connectivity index (χ1v) is 18.2. The van der Waals surface area contributed by atoms with Crippen LogP contribution in [0.2, 0.25) is 0 Å². The predicted molar refractivity (Wildman–Crippen MR) is 209 cm³/mol. The number of unbranched alkanes of at least 4 members (excludes halogenated alkanes) is 1. The van der Waals surface area contributed by atoms with Crippen molar-refractivity contribution in [3.8, 4) is 17.2 Å². The van der Waals surface area contributed by atoms with Crippen molar-refractivity contribution >= 4 is 36.1 Å². The molecule has 0 radical (unpaired) electrons. The fourth-order valence-electron chi connectivity index (χ4n) is 4.76. The van der Waals surface area contributed by atoms with Crippen LogP contribution < -0.4 is 14.2 Å². The predicted octanol–water partition coefficient (Wildman–Crippen LogP) is 6.42. The lowest BCUT2D eigenvalue weighted by Gasteiger charge is -2.21. The van der Waals surface area contributed by atoms with E-state index in [9.17, 15) is 24.0 Å². The number of carbonyl (C=O) groups excluding carboxylic acids is 5. The van der Waals surface area contributed by atoms with Crippen LogP contribution in [0.3, 0.4) is 0 Å². The molecule has 0 fully saturated rings. The monoisotopic (exact) mass is 787 g/mol. The minimum Gasteiger partial charge on any atom is -0.490 e. The Hall–Kier alpha value is -6.28. The Bertz CT molecular complexity index is 1830. The zero-order chi connectivity index (χ0) is 41.6. The quantitative estimate of drug-likeness (QED) is 0.0263. The lowest BCUT2D eigenvalue weighted by atomic mass is 10.1. The van der Waals surface area contributed by atoms with Crippen LogP contribution in [-0.2, 0) is 44.5 Å². The molecule has 3 aromatic carbocycles. The molecule has 3 rings (SSSR count). The van der Waals surface area contributed by atoms with Gasteiger partial charge in [-0.25, -0.2) is 19.2 Å². The summed E-state index contributed by atoms with van der Waals surface area (Å²) in [6, 6.07) is 17.8. The number of rotatable bonds is 24. The third-order valence-electron chi connectivity index (χ3n) is 7.51. The third kappa shape index (κ3) is 17.4. The van der Waals surface area contributed by atoms with Gasteiger partial charge in [-0.2, -0.15) is 0 Å². The van der Waals surface area contributed by atoms with E-state index < -0.39 is 36.0 Å². The second-order valence-corrected chi connectivity index (χ2v) is 13.3. The molecular weight excluding hydrogens is 738 g/mol. The SMILES string of the molecule is C=CC(=O)OCCCCOCC(COc1ccc(C(=O)Oc2ccc(CCOC(=O)c3ccc(OC(C)(C)C)cc3)cc2C=N)cc1)OC(=O)CCOC(=O)C=C. The molecule has 14 nitrogen and oxygen atoms in total. The van der Waals surface area contributed by atoms with Gasteiger partial charge in [0.25, 0.3) is 0 Å². The summed E-state index contributed by atoms with van der Waals surface area (Å²) in [5, 5.41) is 7.86. The van der Waals surface area contributed by atoms with E-state index in [4.69, 9.17) is 43.3 Å². The van der Waals surface area contributed by atoms with Crippen LogP contribution in [0.25, 0.3) is 0 Å². The molecule has 0 aliphatic rings. The number of benzene rings is 3. The molecule has 0 saturated carbocycles. The molecule has 1 atom stereocenters. The highest BCUT2D eigenvalue weighted by Gasteiger charge is 2.18. The van der Waals surface area contributed by atoms with Gasteiger partial charge >= 0.3 is 29.8 Å². The summed E-state index contributed by atoms with van der Waals surface area (Å²) in [5.74, 6) is -1.75. The van der Waals surface area contributed by atoms with Crippen LogP contribution in [0.15, 0.2) is 92.0 Å². The Balaban J connectivity index is 1.50. The van der Waals surface area contributed by atoms with Gasteiger partial charge in [0.15, 0.2) is 6.10 Å². The molecule has 0 saturated heterocycles. The van der Waals surface area contributed by atoms with Crippen molar-refractivity contribution in [2.45, 2.75) is 58.2 Å². The topological polar surface area (TPSA) is 183 Å². The second-order valence-electron chi connectivity index (χ2n) is 13.3. The molecule has 0 aromatic heterocycles. The van der Waals surface area contributed by atoms with Crippen LogP contribution in [0.5, 0.6) is 17.2 Å². The van der Waals surface area contributed by atoms with Crippen molar-refractivity contribution in [1.29, 1.82) is 5.41 Å². The minimum absolute atomic E-state index is 0.00306. The maximum Gasteiger partial charge on any atom is 0.343 e. The van der Waals surface area contributed by atoms with Crippen LogP contribution in [0.1, 0.15) is 71.9 Å². The van der Waals surface area contributed by atoms with Crippen molar-refractivity contribution in [3.05, 3.63) is 114 Å². The van der Waals surface area contributed by atoms with Crippen LogP contribution >= 0.6 is 0 Å². The van der Waals surface area contributed by atoms with Crippen LogP contribution in [-0.4, -0.2) is 87.4 Å². The zero-order valence-corrected chi connectivity index (χ0v) is 32.5. The highest BCUT2D eigenvalue weighted by atomic mass is 16.6. The Labute approximate surface area is 332 Å². The van der Waals surface area contributed by atoms with Crippen molar-refractivity contribution in [1.82, 2.24) is 0 Å². The Morgan fingerprint density at radius 1 is 0.719 bits per heavy atom. The van der Waals surface area contributed by atoms with Gasteiger partial charge in [0.2, 0.25) is 0 Å². The van der Waals surface area contributed by atoms with Gasteiger partial charge in [-0.05, 0) is 99.8 Å². The van der Waals surface area contributed by atoms with Gasteiger partial charge in [-0.1, -0.05) is 19.2 Å². The van der Waals surface area contributed by atoms with E-state index in [0.29, 0.717) is 48.5 Å². The Kier molecular flexibility index (Phi) is 18.7. The molecule has 0 aliphatic carbocycles. The third-order valence-corrected chi connectivity index (χ3v) is 7.51. The van der Waals surface area contributed by atoms with Crippen molar-refractivity contribution in [2.24, 2.45) is 0 Å². The molecule has 0 heterocycles. The molecule has 57 heavy (non-hydrogen) atoms. The minimum atomic E-state index is -0.823. The highest BCUT2D eigenvalue weighted by Crippen LogP contribution is 2.22. The molecular formula is C43H49NO13. The van der Waals surface area contributed by atoms with Gasteiger partial charge in [-0.15, -0.1) is 0 Å². The largest absolute Gasteiger partial charge is 0.490 e. The Morgan fingerprint density at radius 3 is 1.96 bits per heavy atom. The van der Waals surface area contributed by atoms with Crippen molar-refractivity contribution < 1.29 is 61.9 Å². The molecule has 0 amide bonds. The smallest absolute Gasteiger partial charge is 0.343 e. The number of carbonyl (C=O) groups is 5. The standard InChI is InChI=1S/C43H49NO13/c1-6-38(45)51-23-9-8-22-50-28-36(55-40(47)21-25-52-39(46)7-2)29-54-34-15-11-32(12-16-34)42(49)56-37-19-10-30(26-33(37)27-44)20-24-53-41(48)31-13-17-35(18-14-31)57-43(3,4)5/h6-7,10-19,26-27,36,44H,1-2,8-9,20-25,28-29H2,3-5H3. The summed E-state index contributed by atoms with van der Waals surface area (Å²) in [5.41, 5.74) is 1.38. The summed E-state index contributed by atoms with van der Waals surface area (Å²) in [4.78, 5) is 60.4. The normalized spacial score (nSPS) is 11.3. The fraction of sp³-hybridized carbons (Fsp3) is 0.349. The summed E-state index contributed by atoms with van der Waals surface area (Å²) in [7, 11) is 0. The molecule has 0 bridgehead atoms. The van der Waals surface area contributed by atoms with Crippen LogP contribution in [0, 0.1) is 5.41 Å². The average Bonchev–Trinajstić information content (AvgIpc) is 3.19. The van der Waals surface area contributed by atoms with Gasteiger partial charge in [0, 0.05) is 37.0 Å². The molecule has 3 aromatic rings. The lowest BCUT2D eigenvalue weighted by Crippen LogP contribution is -2.30. The number of esters is 5. The fourth-order valence-corrected chi connectivity index (χ4v) is 4.76. The first-order valence-electron chi connectivity index (χ1n) is 18.2. The maximum atomic E-state index is 13.0. The van der Waals surface area contributed by atoms with Gasteiger partial charge in [0.05, 0.1) is 37.4 Å². The van der Waals surface area contributed by atoms with E-state index in [1.54, 1.807) is 54.6 Å². The zero-order valence-electron chi connectivity index (χ0n) is 32.5. The number of nitrogens with one attached hydrogen (secondary N) is 1. The summed E-state index contributed by atoms with van der Waals surface area (Å²) in [6.45, 7) is 12.8. The summed E-state index contributed by atoms with van der Waals surface area (Å²) < 4.78 is 43.5. The van der Waals surface area contributed by atoms with Crippen molar-refractivity contribution in [3.63, 3.8) is 0 Å². The summed E-state index contributed by atoms with van der Waals surface area (Å²) in [6.07, 6.45) is 3.64. The first-order chi connectivity index (χ1) is 27.3. The van der Waals surface area contributed by atoms with E-state index in [0.717, 1.165) is 23.9 Å². The lowest BCUT2D eigenvalue weighted by molar-refractivity contribution is -0.156. The molecule has 0 spiro atoms. The maximum absolute atomic E-state index is 13.0. The first kappa shape index (κ1) is 45.1. The van der Waals surface area contributed by atoms with Gasteiger partial charge < -0.3 is 43.3 Å². The number of ether oxygens (including phenoxy) is 8. The van der Waals surface area contributed by atoms with Crippen molar-refractivity contribution in [2.75, 3.05) is 39.6 Å². The average molecular weight is 788 g/mol. The van der Waals surface area contributed by atoms with E-state index in [1.165, 1.54) is 12.1 Å². The van der Waals surface area contributed by atoms with Crippen LogP contribution in [0.4, 0.5) is 0 Å². The number of hydrogen-bond donors (Lipinski definition) is 1. The second kappa shape index (κ2) is 23.6. The summed E-state index contributed by atoms with van der Waals surface area (Å²) >= 11 is 0. The Morgan fingerprint density at radius 2 is 1.33 bits per heavy atom. The van der Waals surface area contributed by atoms with E-state index in [1.807, 2.05) is 20.8 Å².